The highest BCUT2D eigenvalue weighted by Gasteiger charge is 2.23. The molecule has 2 rings (SSSR count). The van der Waals surface area contributed by atoms with E-state index >= 15 is 0 Å². The van der Waals surface area contributed by atoms with Gasteiger partial charge in [0.1, 0.15) is 0 Å². The van der Waals surface area contributed by atoms with Crippen molar-refractivity contribution in [1.82, 2.24) is 20.1 Å². The van der Waals surface area contributed by atoms with Gasteiger partial charge < -0.3 is 10.3 Å². The Labute approximate surface area is 165 Å². The van der Waals surface area contributed by atoms with Gasteiger partial charge in [-0.2, -0.15) is 0 Å². The maximum absolute atomic E-state index is 11.9. The molecule has 1 atom stereocenters. The van der Waals surface area contributed by atoms with E-state index in [1.165, 1.54) is 11.8 Å². The Hall–Kier alpha value is -1.77. The van der Waals surface area contributed by atoms with Crippen LogP contribution in [0.2, 0.25) is 10.0 Å². The quantitative estimate of drug-likeness (QED) is 0.701. The van der Waals surface area contributed by atoms with Gasteiger partial charge in [-0.25, -0.2) is 4.79 Å². The second-order valence-corrected chi connectivity index (χ2v) is 8.20. The zero-order valence-electron chi connectivity index (χ0n) is 14.5. The van der Waals surface area contributed by atoms with Crippen LogP contribution in [-0.4, -0.2) is 32.0 Å². The van der Waals surface area contributed by atoms with Crippen molar-refractivity contribution < 1.29 is 9.59 Å². The van der Waals surface area contributed by atoms with Crippen LogP contribution in [0.3, 0.4) is 0 Å². The first kappa shape index (κ1) is 20.5. The molecule has 3 N–H and O–H groups in total. The first-order chi connectivity index (χ1) is 12.2. The molecule has 0 spiro atoms. The van der Waals surface area contributed by atoms with Gasteiger partial charge in [-0.05, 0) is 31.0 Å². The summed E-state index contributed by atoms with van der Waals surface area (Å²) >= 11 is 13.5. The Morgan fingerprint density at radius 3 is 2.54 bits per heavy atom. The van der Waals surface area contributed by atoms with Gasteiger partial charge in [-0.15, -0.1) is 10.2 Å². The highest BCUT2D eigenvalue weighted by Crippen LogP contribution is 2.33. The zero-order chi connectivity index (χ0) is 19.4. The minimum atomic E-state index is -0.889. The molecule has 0 saturated carbocycles. The number of thioether (sulfide) groups is 1. The van der Waals surface area contributed by atoms with Crippen molar-refractivity contribution >= 4 is 46.9 Å². The predicted octanol–water partition coefficient (Wildman–Crippen LogP) is 3.58. The molecular formula is C16H19Cl2N5O2S. The molecule has 2 aromatic rings. The van der Waals surface area contributed by atoms with E-state index in [0.717, 1.165) is 0 Å². The smallest absolute Gasteiger partial charge is 0.318 e. The molecule has 1 aromatic carbocycles. The number of amides is 3. The summed E-state index contributed by atoms with van der Waals surface area (Å²) in [5.74, 6) is 0.406. The zero-order valence-corrected chi connectivity index (χ0v) is 16.8. The van der Waals surface area contributed by atoms with Crippen LogP contribution in [0.5, 0.6) is 0 Å². The van der Waals surface area contributed by atoms with Crippen LogP contribution in [0.25, 0.3) is 11.4 Å². The number of rotatable bonds is 6. The standard InChI is InChI=1S/C16H19Cl2N5O2S/c1-8(2)7-23-13(11-5-4-10(17)6-12(11)18)21-22-16(23)26-9(3)14(24)20-15(19)25/h4-6,8-9H,7H2,1-3H3,(H3,19,20,24,25)/t9-/m0/s1. The summed E-state index contributed by atoms with van der Waals surface area (Å²) in [6, 6.07) is 4.26. The minimum absolute atomic E-state index is 0.310. The Kier molecular flexibility index (Phi) is 6.91. The Bertz CT molecular complexity index is 825. The van der Waals surface area contributed by atoms with Gasteiger partial charge in [0, 0.05) is 17.1 Å². The lowest BCUT2D eigenvalue weighted by Gasteiger charge is -2.15. The Balaban J connectivity index is 2.37. The number of imide groups is 1. The van der Waals surface area contributed by atoms with Crippen molar-refractivity contribution in [2.75, 3.05) is 0 Å². The van der Waals surface area contributed by atoms with Crippen LogP contribution in [0.15, 0.2) is 23.4 Å². The molecule has 1 heterocycles. The molecule has 0 aliphatic heterocycles. The average Bonchev–Trinajstić information content (AvgIpc) is 2.88. The lowest BCUT2D eigenvalue weighted by molar-refractivity contribution is -0.119. The number of halogens is 2. The van der Waals surface area contributed by atoms with Crippen molar-refractivity contribution in [3.05, 3.63) is 28.2 Å². The number of aromatic nitrogens is 3. The third-order valence-electron chi connectivity index (χ3n) is 3.33. The van der Waals surface area contributed by atoms with Gasteiger partial charge in [-0.3, -0.25) is 10.1 Å². The predicted molar refractivity (Wildman–Crippen MR) is 103 cm³/mol. The van der Waals surface area contributed by atoms with Gasteiger partial charge in [-0.1, -0.05) is 48.8 Å². The van der Waals surface area contributed by atoms with Gasteiger partial charge >= 0.3 is 6.03 Å². The summed E-state index contributed by atoms with van der Waals surface area (Å²) in [4.78, 5) is 22.8. The summed E-state index contributed by atoms with van der Waals surface area (Å²) < 4.78 is 1.90. The molecule has 0 aliphatic carbocycles. The van der Waals surface area contributed by atoms with E-state index in [0.29, 0.717) is 39.1 Å². The number of urea groups is 1. The summed E-state index contributed by atoms with van der Waals surface area (Å²) in [5.41, 5.74) is 5.69. The van der Waals surface area contributed by atoms with Crippen molar-refractivity contribution in [3.63, 3.8) is 0 Å². The summed E-state index contributed by atoms with van der Waals surface area (Å²) in [6.07, 6.45) is 0. The van der Waals surface area contributed by atoms with E-state index < -0.39 is 17.2 Å². The number of primary amides is 1. The lowest BCUT2D eigenvalue weighted by Crippen LogP contribution is -2.39. The molecule has 0 bridgehead atoms. The maximum Gasteiger partial charge on any atom is 0.318 e. The number of nitrogens with zero attached hydrogens (tertiary/aromatic N) is 3. The number of hydrogen-bond acceptors (Lipinski definition) is 5. The van der Waals surface area contributed by atoms with E-state index in [-0.39, 0.29) is 0 Å². The van der Waals surface area contributed by atoms with Crippen molar-refractivity contribution in [2.24, 2.45) is 11.7 Å². The number of carbonyl (C=O) groups excluding carboxylic acids is 2. The van der Waals surface area contributed by atoms with E-state index in [2.05, 4.69) is 29.4 Å². The topological polar surface area (TPSA) is 103 Å². The summed E-state index contributed by atoms with van der Waals surface area (Å²) in [5, 5.41) is 11.5. The fourth-order valence-electron chi connectivity index (χ4n) is 2.21. The second kappa shape index (κ2) is 8.75. The number of benzene rings is 1. The number of nitrogens with two attached hydrogens (primary N) is 1. The van der Waals surface area contributed by atoms with Crippen LogP contribution in [0.1, 0.15) is 20.8 Å². The molecular weight excluding hydrogens is 397 g/mol. The molecule has 0 aliphatic rings. The van der Waals surface area contributed by atoms with E-state index in [1.54, 1.807) is 25.1 Å². The minimum Gasteiger partial charge on any atom is -0.351 e. The first-order valence-electron chi connectivity index (χ1n) is 7.84. The highest BCUT2D eigenvalue weighted by molar-refractivity contribution is 8.00. The van der Waals surface area contributed by atoms with Crippen LogP contribution in [-0.2, 0) is 11.3 Å². The van der Waals surface area contributed by atoms with Crippen molar-refractivity contribution in [2.45, 2.75) is 37.7 Å². The van der Waals surface area contributed by atoms with E-state index in [9.17, 15) is 9.59 Å². The molecule has 0 saturated heterocycles. The van der Waals surface area contributed by atoms with Crippen LogP contribution < -0.4 is 11.1 Å². The van der Waals surface area contributed by atoms with Crippen molar-refractivity contribution in [1.29, 1.82) is 0 Å². The van der Waals surface area contributed by atoms with Crippen LogP contribution in [0.4, 0.5) is 4.79 Å². The molecule has 140 valence electrons. The molecule has 26 heavy (non-hydrogen) atoms. The number of carbonyl (C=O) groups is 2. The van der Waals surface area contributed by atoms with Crippen molar-refractivity contribution in [3.8, 4) is 11.4 Å². The largest absolute Gasteiger partial charge is 0.351 e. The first-order valence-corrected chi connectivity index (χ1v) is 9.48. The number of hydrogen-bond donors (Lipinski definition) is 2. The Morgan fingerprint density at radius 2 is 1.96 bits per heavy atom. The Morgan fingerprint density at radius 1 is 1.27 bits per heavy atom. The number of nitrogens with one attached hydrogen (secondary N) is 1. The van der Waals surface area contributed by atoms with E-state index in [1.807, 2.05) is 4.57 Å². The van der Waals surface area contributed by atoms with Gasteiger partial charge in [0.2, 0.25) is 5.91 Å². The highest BCUT2D eigenvalue weighted by atomic mass is 35.5. The summed E-state index contributed by atoms with van der Waals surface area (Å²) in [7, 11) is 0. The maximum atomic E-state index is 11.9. The van der Waals surface area contributed by atoms with Gasteiger partial charge in [0.05, 0.1) is 10.3 Å². The molecule has 0 unspecified atom stereocenters. The SMILES string of the molecule is CC(C)Cn1c(S[C@@H](C)C(=O)NC(N)=O)nnc1-c1ccc(Cl)cc1Cl. The third-order valence-corrected chi connectivity index (χ3v) is 4.96. The molecule has 0 fully saturated rings. The van der Waals surface area contributed by atoms with E-state index in [4.69, 9.17) is 28.9 Å². The molecule has 10 heteroatoms. The van der Waals surface area contributed by atoms with Gasteiger partial charge in [0.25, 0.3) is 0 Å². The van der Waals surface area contributed by atoms with Crippen LogP contribution in [0, 0.1) is 5.92 Å². The second-order valence-electron chi connectivity index (χ2n) is 6.05. The molecule has 1 aromatic heterocycles. The lowest BCUT2D eigenvalue weighted by atomic mass is 10.2. The normalized spacial score (nSPS) is 12.2. The molecule has 7 nitrogen and oxygen atoms in total. The van der Waals surface area contributed by atoms with Gasteiger partial charge in [0.15, 0.2) is 11.0 Å². The molecule has 0 radical (unpaired) electrons. The van der Waals surface area contributed by atoms with Crippen LogP contribution >= 0.6 is 35.0 Å². The third kappa shape index (κ3) is 5.12. The summed E-state index contributed by atoms with van der Waals surface area (Å²) in [6.45, 7) is 6.41. The average molecular weight is 416 g/mol. The fraction of sp³-hybridized carbons (Fsp3) is 0.375. The monoisotopic (exact) mass is 415 g/mol. The fourth-order valence-corrected chi connectivity index (χ4v) is 3.56. The molecule has 3 amide bonds.